The van der Waals surface area contributed by atoms with Gasteiger partial charge in [0.15, 0.2) is 6.61 Å². The highest BCUT2D eigenvalue weighted by atomic mass is 35.5. The number of hydrogen-bond acceptors (Lipinski definition) is 9. The number of hydrogen-bond donors (Lipinski definition) is 1. The molecule has 0 aliphatic heterocycles. The quantitative estimate of drug-likeness (QED) is 0.269. The van der Waals surface area contributed by atoms with Crippen molar-refractivity contribution in [3.63, 3.8) is 0 Å². The predicted molar refractivity (Wildman–Crippen MR) is 120 cm³/mol. The van der Waals surface area contributed by atoms with Crippen LogP contribution >= 0.6 is 11.6 Å². The maximum Gasteiger partial charge on any atom is 0.329 e. The Bertz CT molecular complexity index is 1210. The molecule has 12 heteroatoms. The lowest BCUT2D eigenvalue weighted by Gasteiger charge is -2.20. The van der Waals surface area contributed by atoms with Gasteiger partial charge in [-0.2, -0.15) is 4.98 Å². The third kappa shape index (κ3) is 5.87. The normalized spacial score (nSPS) is 11.7. The second-order valence-electron chi connectivity index (χ2n) is 7.47. The summed E-state index contributed by atoms with van der Waals surface area (Å²) in [6.45, 7) is 3.14. The van der Waals surface area contributed by atoms with Crippen LogP contribution < -0.4 is 10.1 Å². The number of rotatable bonds is 9. The maximum atomic E-state index is 12.6. The van der Waals surface area contributed by atoms with Crippen LogP contribution in [0.15, 0.2) is 47.0 Å². The Kier molecular flexibility index (Phi) is 7.79. The van der Waals surface area contributed by atoms with Crippen molar-refractivity contribution in [1.29, 1.82) is 0 Å². The second-order valence-corrected chi connectivity index (χ2v) is 7.87. The molecule has 0 saturated carbocycles. The first kappa shape index (κ1) is 24.6. The van der Waals surface area contributed by atoms with Gasteiger partial charge in [-0.1, -0.05) is 42.7 Å². The van der Waals surface area contributed by atoms with Crippen molar-refractivity contribution in [1.82, 2.24) is 15.5 Å². The monoisotopic (exact) mass is 488 g/mol. The van der Waals surface area contributed by atoms with Crippen LogP contribution in [0.4, 0.5) is 5.69 Å². The highest BCUT2D eigenvalue weighted by Gasteiger charge is 2.28. The molecule has 0 saturated heterocycles. The van der Waals surface area contributed by atoms with Gasteiger partial charge in [-0.3, -0.25) is 14.9 Å². The Balaban J connectivity index is 1.65. The van der Waals surface area contributed by atoms with Gasteiger partial charge in [0.1, 0.15) is 11.8 Å². The SMILES string of the molecule is COc1cccc(-c2noc(COC(=O)[C@@H](NC(=O)c3ccc([N+](=O)[O-])cc3Cl)C(C)C)n2)c1. The number of benzene rings is 2. The summed E-state index contributed by atoms with van der Waals surface area (Å²) in [7, 11) is 1.54. The van der Waals surface area contributed by atoms with E-state index < -0.39 is 22.8 Å². The van der Waals surface area contributed by atoms with Crippen molar-refractivity contribution in [2.45, 2.75) is 26.5 Å². The zero-order chi connectivity index (χ0) is 24.8. The molecule has 3 rings (SSSR count). The molecular weight excluding hydrogens is 468 g/mol. The van der Waals surface area contributed by atoms with Crippen LogP contribution in [-0.2, 0) is 16.1 Å². The Morgan fingerprint density at radius 1 is 1.24 bits per heavy atom. The number of halogens is 1. The molecule has 0 spiro atoms. The predicted octanol–water partition coefficient (Wildman–Crippen LogP) is 3.80. The molecule has 0 radical (unpaired) electrons. The summed E-state index contributed by atoms with van der Waals surface area (Å²) in [5.74, 6) is -0.733. The van der Waals surface area contributed by atoms with Crippen LogP contribution in [0, 0.1) is 16.0 Å². The molecule has 0 unspecified atom stereocenters. The summed E-state index contributed by atoms with van der Waals surface area (Å²) in [6.07, 6.45) is 0. The molecule has 0 aliphatic carbocycles. The molecule has 34 heavy (non-hydrogen) atoms. The average Bonchev–Trinajstić information content (AvgIpc) is 3.29. The largest absolute Gasteiger partial charge is 0.497 e. The molecule has 1 amide bonds. The molecule has 0 fully saturated rings. The number of nitro benzene ring substituents is 1. The summed E-state index contributed by atoms with van der Waals surface area (Å²) >= 11 is 6.01. The van der Waals surface area contributed by atoms with E-state index in [4.69, 9.17) is 25.6 Å². The summed E-state index contributed by atoms with van der Waals surface area (Å²) < 4.78 is 15.6. The first-order valence-corrected chi connectivity index (χ1v) is 10.5. The van der Waals surface area contributed by atoms with Gasteiger partial charge in [0.05, 0.1) is 22.6 Å². The van der Waals surface area contributed by atoms with E-state index in [9.17, 15) is 19.7 Å². The van der Waals surface area contributed by atoms with Gasteiger partial charge < -0.3 is 19.3 Å². The van der Waals surface area contributed by atoms with E-state index in [1.54, 1.807) is 45.2 Å². The van der Waals surface area contributed by atoms with Gasteiger partial charge in [-0.15, -0.1) is 0 Å². The first-order valence-electron chi connectivity index (χ1n) is 10.1. The number of ether oxygens (including phenoxy) is 2. The van der Waals surface area contributed by atoms with Crippen LogP contribution in [-0.4, -0.2) is 40.1 Å². The van der Waals surface area contributed by atoms with E-state index in [1.165, 1.54) is 6.07 Å². The zero-order valence-electron chi connectivity index (χ0n) is 18.5. The highest BCUT2D eigenvalue weighted by Crippen LogP contribution is 2.23. The molecule has 1 heterocycles. The number of nitro groups is 1. The fourth-order valence-corrected chi connectivity index (χ4v) is 3.19. The van der Waals surface area contributed by atoms with E-state index >= 15 is 0 Å². The third-order valence-corrected chi connectivity index (χ3v) is 5.06. The van der Waals surface area contributed by atoms with E-state index in [2.05, 4.69) is 15.5 Å². The van der Waals surface area contributed by atoms with Crippen LogP contribution in [0.5, 0.6) is 5.75 Å². The summed E-state index contributed by atoms with van der Waals surface area (Å²) in [5.41, 5.74) is 0.396. The molecule has 3 aromatic rings. The van der Waals surface area contributed by atoms with E-state index in [-0.39, 0.29) is 34.7 Å². The summed E-state index contributed by atoms with van der Waals surface area (Å²) in [6, 6.07) is 9.48. The van der Waals surface area contributed by atoms with Crippen LogP contribution in [0.1, 0.15) is 30.1 Å². The minimum atomic E-state index is -1.01. The number of esters is 1. The van der Waals surface area contributed by atoms with Gasteiger partial charge in [-0.25, -0.2) is 4.79 Å². The summed E-state index contributed by atoms with van der Waals surface area (Å²) in [5, 5.41) is 17.2. The Morgan fingerprint density at radius 3 is 2.65 bits per heavy atom. The number of aromatic nitrogens is 2. The Morgan fingerprint density at radius 2 is 2.00 bits per heavy atom. The van der Waals surface area contributed by atoms with Gasteiger partial charge in [0.25, 0.3) is 17.5 Å². The number of nitrogens with zero attached hydrogens (tertiary/aromatic N) is 3. The Hall–Kier alpha value is -3.99. The lowest BCUT2D eigenvalue weighted by atomic mass is 10.0. The van der Waals surface area contributed by atoms with Crippen molar-refractivity contribution in [2.24, 2.45) is 5.92 Å². The molecule has 178 valence electrons. The van der Waals surface area contributed by atoms with Crippen LogP contribution in [0.2, 0.25) is 5.02 Å². The van der Waals surface area contributed by atoms with Gasteiger partial charge in [0, 0.05) is 17.7 Å². The molecular formula is C22H21ClN4O7. The van der Waals surface area contributed by atoms with Crippen molar-refractivity contribution < 1.29 is 28.5 Å². The van der Waals surface area contributed by atoms with Gasteiger partial charge >= 0.3 is 5.97 Å². The second kappa shape index (κ2) is 10.8. The molecule has 1 aromatic heterocycles. The smallest absolute Gasteiger partial charge is 0.329 e. The number of carbonyl (C=O) groups excluding carboxylic acids is 2. The van der Waals surface area contributed by atoms with E-state index in [0.717, 1.165) is 12.1 Å². The van der Waals surface area contributed by atoms with Crippen molar-refractivity contribution >= 4 is 29.2 Å². The van der Waals surface area contributed by atoms with Gasteiger partial charge in [-0.05, 0) is 24.1 Å². The van der Waals surface area contributed by atoms with Gasteiger partial charge in [0.2, 0.25) is 5.82 Å². The van der Waals surface area contributed by atoms with Crippen molar-refractivity contribution in [3.05, 3.63) is 69.1 Å². The lowest BCUT2D eigenvalue weighted by molar-refractivity contribution is -0.384. The maximum absolute atomic E-state index is 12.6. The number of amides is 1. The third-order valence-electron chi connectivity index (χ3n) is 4.75. The minimum absolute atomic E-state index is 0.00875. The van der Waals surface area contributed by atoms with E-state index in [0.29, 0.717) is 17.1 Å². The fourth-order valence-electron chi connectivity index (χ4n) is 2.93. The van der Waals surface area contributed by atoms with E-state index in [1.807, 2.05) is 0 Å². The van der Waals surface area contributed by atoms with Crippen LogP contribution in [0.25, 0.3) is 11.4 Å². The molecule has 1 atom stereocenters. The number of non-ortho nitro benzene ring substituents is 1. The molecule has 0 aliphatic rings. The first-order chi connectivity index (χ1) is 16.2. The van der Waals surface area contributed by atoms with Crippen molar-refractivity contribution in [2.75, 3.05) is 7.11 Å². The molecule has 0 bridgehead atoms. The minimum Gasteiger partial charge on any atom is -0.497 e. The molecule has 1 N–H and O–H groups in total. The van der Waals surface area contributed by atoms with Crippen LogP contribution in [0.3, 0.4) is 0 Å². The number of carbonyl (C=O) groups is 2. The Labute approximate surface area is 199 Å². The lowest BCUT2D eigenvalue weighted by Crippen LogP contribution is -2.45. The van der Waals surface area contributed by atoms with Crippen molar-refractivity contribution in [3.8, 4) is 17.1 Å². The molecule has 2 aromatic carbocycles. The number of nitrogens with one attached hydrogen (secondary N) is 1. The molecule has 11 nitrogen and oxygen atoms in total. The topological polar surface area (TPSA) is 147 Å². The fraction of sp³-hybridized carbons (Fsp3) is 0.273. The zero-order valence-corrected chi connectivity index (χ0v) is 19.2. The average molecular weight is 489 g/mol. The standard InChI is InChI=1S/C22H21ClN4O7/c1-12(2)19(25-21(28)16-8-7-14(27(30)31)10-17(16)23)22(29)33-11-18-24-20(26-34-18)13-5-4-6-15(9-13)32-3/h4-10,12,19H,11H2,1-3H3,(H,25,28)/t19-/m0/s1. The summed E-state index contributed by atoms with van der Waals surface area (Å²) in [4.78, 5) is 39.7. The number of methoxy groups -OCH3 is 1. The highest BCUT2D eigenvalue weighted by molar-refractivity contribution is 6.34.